The molecule has 1 aliphatic rings. The Balaban J connectivity index is 1.65. The predicted molar refractivity (Wildman–Crippen MR) is 130 cm³/mol. The number of nitrogens with zero attached hydrogens (tertiary/aromatic N) is 2. The van der Waals surface area contributed by atoms with Crippen molar-refractivity contribution in [3.63, 3.8) is 0 Å². The van der Waals surface area contributed by atoms with Gasteiger partial charge in [0, 0.05) is 16.6 Å². The molecule has 160 valence electrons. The molecule has 1 aliphatic heterocycles. The van der Waals surface area contributed by atoms with Crippen LogP contribution in [0.25, 0.3) is 6.08 Å². The summed E-state index contributed by atoms with van der Waals surface area (Å²) in [7, 11) is 0. The minimum atomic E-state index is -0.555. The van der Waals surface area contributed by atoms with E-state index in [9.17, 15) is 9.59 Å². The zero-order valence-electron chi connectivity index (χ0n) is 16.7. The maximum atomic E-state index is 13.4. The van der Waals surface area contributed by atoms with Crippen molar-refractivity contribution in [3.05, 3.63) is 106 Å². The van der Waals surface area contributed by atoms with Crippen LogP contribution in [0.4, 0.5) is 5.69 Å². The van der Waals surface area contributed by atoms with E-state index in [4.69, 9.17) is 4.42 Å². The number of benzene rings is 1. The third-order valence-corrected chi connectivity index (χ3v) is 7.31. The Morgan fingerprint density at radius 2 is 2.00 bits per heavy atom. The summed E-state index contributed by atoms with van der Waals surface area (Å²) < 4.78 is 8.22. The number of carbonyl (C=O) groups is 1. The Labute approximate surface area is 199 Å². The van der Waals surface area contributed by atoms with E-state index in [-0.39, 0.29) is 11.5 Å². The first-order chi connectivity index (χ1) is 15.5. The van der Waals surface area contributed by atoms with Crippen LogP contribution in [0.5, 0.6) is 0 Å². The number of aromatic nitrogens is 1. The summed E-state index contributed by atoms with van der Waals surface area (Å²) >= 11 is 6.06. The highest BCUT2D eigenvalue weighted by Crippen LogP contribution is 2.33. The molecular formula is C23H16BrN3O3S2. The van der Waals surface area contributed by atoms with Crippen LogP contribution in [0.2, 0.25) is 0 Å². The summed E-state index contributed by atoms with van der Waals surface area (Å²) in [5, 5.41) is 4.88. The predicted octanol–water partition coefficient (Wildman–Crippen LogP) is 4.29. The minimum absolute atomic E-state index is 0.211. The lowest BCUT2D eigenvalue weighted by molar-refractivity contribution is -0.113. The molecule has 4 aromatic rings. The first-order valence-corrected chi connectivity index (χ1v) is 12.2. The van der Waals surface area contributed by atoms with E-state index in [0.29, 0.717) is 36.7 Å². The number of hydrogen-bond donors (Lipinski definition) is 1. The fourth-order valence-electron chi connectivity index (χ4n) is 3.58. The Morgan fingerprint density at radius 3 is 2.69 bits per heavy atom. The third kappa shape index (κ3) is 3.83. The highest BCUT2D eigenvalue weighted by atomic mass is 79.9. The number of thiazole rings is 1. The van der Waals surface area contributed by atoms with Crippen molar-refractivity contribution >= 4 is 56.3 Å². The third-order valence-electron chi connectivity index (χ3n) is 4.98. The number of para-hydroxylation sites is 1. The van der Waals surface area contributed by atoms with E-state index >= 15 is 0 Å². The number of halogens is 1. The molecule has 1 atom stereocenters. The largest absolute Gasteiger partial charge is 0.450 e. The topological polar surface area (TPSA) is 76.6 Å². The van der Waals surface area contributed by atoms with Gasteiger partial charge in [0.15, 0.2) is 9.47 Å². The van der Waals surface area contributed by atoms with E-state index in [1.54, 1.807) is 29.7 Å². The number of fused-ring (bicyclic) bond motifs is 1. The molecule has 0 saturated heterocycles. The lowest BCUT2D eigenvalue weighted by Crippen LogP contribution is -2.40. The van der Waals surface area contributed by atoms with Crippen LogP contribution < -0.4 is 20.2 Å². The van der Waals surface area contributed by atoms with Gasteiger partial charge in [0.05, 0.1) is 15.8 Å². The average molecular weight is 526 g/mol. The Morgan fingerprint density at radius 1 is 1.19 bits per heavy atom. The normalized spacial score (nSPS) is 16.1. The lowest BCUT2D eigenvalue weighted by atomic mass is 10.0. The molecule has 1 unspecified atom stereocenters. The zero-order valence-corrected chi connectivity index (χ0v) is 20.0. The van der Waals surface area contributed by atoms with Crippen LogP contribution in [-0.2, 0) is 4.79 Å². The number of allylic oxidation sites excluding steroid dienone is 1. The number of thiophene rings is 1. The van der Waals surface area contributed by atoms with Crippen molar-refractivity contribution in [1.82, 2.24) is 4.57 Å². The standard InChI is InChI=1S/C23H16BrN3O3S2/c1-13-19(21(28)26-14-6-3-2-4-7-14)20(16-8-5-11-31-16)27-22(29)17(32-23(27)25-13)12-15-9-10-18(24)30-15/h2-12,20H,1H3,(H,26,28)/b17-12-. The SMILES string of the molecule is CC1=C(C(=O)Nc2ccccc2)C(c2cccs2)n2c(s/c(=C\c3ccc(Br)o3)c2=O)=N1. The lowest BCUT2D eigenvalue weighted by Gasteiger charge is -2.24. The molecule has 3 aromatic heterocycles. The van der Waals surface area contributed by atoms with Gasteiger partial charge in [-0.25, -0.2) is 4.99 Å². The minimum Gasteiger partial charge on any atom is -0.450 e. The molecule has 5 rings (SSSR count). The Kier molecular flexibility index (Phi) is 5.54. The second-order valence-corrected chi connectivity index (χ2v) is 9.83. The zero-order chi connectivity index (χ0) is 22.2. The van der Waals surface area contributed by atoms with Gasteiger partial charge in [-0.15, -0.1) is 11.3 Å². The molecule has 6 nitrogen and oxygen atoms in total. The van der Waals surface area contributed by atoms with Crippen LogP contribution >= 0.6 is 38.6 Å². The Hall–Kier alpha value is -3.01. The number of furan rings is 1. The summed E-state index contributed by atoms with van der Waals surface area (Å²) in [5.41, 5.74) is 1.52. The number of carbonyl (C=O) groups excluding carboxylic acids is 1. The number of anilines is 1. The van der Waals surface area contributed by atoms with Gasteiger partial charge >= 0.3 is 0 Å². The fraction of sp³-hybridized carbons (Fsp3) is 0.0870. The summed E-state index contributed by atoms with van der Waals surface area (Å²) in [6.45, 7) is 1.81. The van der Waals surface area contributed by atoms with Crippen molar-refractivity contribution < 1.29 is 9.21 Å². The van der Waals surface area contributed by atoms with Gasteiger partial charge in [-0.05, 0) is 58.6 Å². The van der Waals surface area contributed by atoms with E-state index in [1.165, 1.54) is 22.7 Å². The monoisotopic (exact) mass is 525 g/mol. The van der Waals surface area contributed by atoms with Crippen LogP contribution in [0.15, 0.2) is 90.1 Å². The molecule has 1 amide bonds. The van der Waals surface area contributed by atoms with E-state index in [1.807, 2.05) is 47.8 Å². The second kappa shape index (κ2) is 8.50. The highest BCUT2D eigenvalue weighted by molar-refractivity contribution is 9.10. The molecular weight excluding hydrogens is 510 g/mol. The van der Waals surface area contributed by atoms with Crippen LogP contribution in [0.3, 0.4) is 0 Å². The molecule has 1 aromatic carbocycles. The summed E-state index contributed by atoms with van der Waals surface area (Å²) in [6, 6.07) is 16.1. The molecule has 1 N–H and O–H groups in total. The summed E-state index contributed by atoms with van der Waals surface area (Å²) in [6.07, 6.45) is 1.70. The Bertz CT molecular complexity index is 1510. The van der Waals surface area contributed by atoms with Gasteiger partial charge in [-0.2, -0.15) is 0 Å². The molecule has 0 saturated carbocycles. The van der Waals surface area contributed by atoms with Gasteiger partial charge in [0.1, 0.15) is 11.8 Å². The van der Waals surface area contributed by atoms with E-state index in [0.717, 1.165) is 4.88 Å². The van der Waals surface area contributed by atoms with Gasteiger partial charge in [-0.1, -0.05) is 35.6 Å². The van der Waals surface area contributed by atoms with Crippen LogP contribution in [0, 0.1) is 0 Å². The molecule has 0 spiro atoms. The summed E-state index contributed by atoms with van der Waals surface area (Å²) in [4.78, 5) is 32.9. The van der Waals surface area contributed by atoms with E-state index < -0.39 is 6.04 Å². The van der Waals surface area contributed by atoms with E-state index in [2.05, 4.69) is 26.2 Å². The number of hydrogen-bond acceptors (Lipinski definition) is 6. The molecule has 0 bridgehead atoms. The number of rotatable bonds is 4. The number of amides is 1. The molecule has 0 aliphatic carbocycles. The van der Waals surface area contributed by atoms with Crippen molar-refractivity contribution in [3.8, 4) is 0 Å². The van der Waals surface area contributed by atoms with Gasteiger partial charge in [0.25, 0.3) is 11.5 Å². The maximum Gasteiger partial charge on any atom is 0.271 e. The van der Waals surface area contributed by atoms with Crippen molar-refractivity contribution in [1.29, 1.82) is 0 Å². The van der Waals surface area contributed by atoms with Gasteiger partial charge < -0.3 is 9.73 Å². The average Bonchev–Trinajstić information content (AvgIpc) is 3.50. The number of nitrogens with one attached hydrogen (secondary N) is 1. The van der Waals surface area contributed by atoms with Crippen molar-refractivity contribution in [2.24, 2.45) is 4.99 Å². The molecule has 0 radical (unpaired) electrons. The molecule has 32 heavy (non-hydrogen) atoms. The molecule has 0 fully saturated rings. The quantitative estimate of drug-likeness (QED) is 0.431. The molecule has 4 heterocycles. The maximum absolute atomic E-state index is 13.4. The van der Waals surface area contributed by atoms with Crippen LogP contribution in [-0.4, -0.2) is 10.5 Å². The smallest absolute Gasteiger partial charge is 0.271 e. The second-order valence-electron chi connectivity index (χ2n) is 7.06. The van der Waals surface area contributed by atoms with Crippen molar-refractivity contribution in [2.45, 2.75) is 13.0 Å². The van der Waals surface area contributed by atoms with Crippen LogP contribution in [0.1, 0.15) is 23.6 Å². The van der Waals surface area contributed by atoms with Gasteiger partial charge in [0.2, 0.25) is 0 Å². The van der Waals surface area contributed by atoms with Crippen molar-refractivity contribution in [2.75, 3.05) is 5.32 Å². The molecule has 9 heteroatoms. The first-order valence-electron chi connectivity index (χ1n) is 9.69. The highest BCUT2D eigenvalue weighted by Gasteiger charge is 2.33. The van der Waals surface area contributed by atoms with Gasteiger partial charge in [-0.3, -0.25) is 14.2 Å². The first kappa shape index (κ1) is 20.9. The summed E-state index contributed by atoms with van der Waals surface area (Å²) in [5.74, 6) is 0.285. The fourth-order valence-corrected chi connectivity index (χ4v) is 5.75.